The Hall–Kier alpha value is -2.93. The number of quaternary nitrogens is 1. The number of hydrogen-bond acceptors (Lipinski definition) is 4. The molecule has 1 amide bonds. The molecule has 0 radical (unpaired) electrons. The number of furan rings is 1. The van der Waals surface area contributed by atoms with Gasteiger partial charge in [-0.25, -0.2) is 5.21 Å². The van der Waals surface area contributed by atoms with Crippen LogP contribution in [0, 0.1) is 5.21 Å². The van der Waals surface area contributed by atoms with Crippen molar-refractivity contribution < 1.29 is 19.6 Å². The second-order valence-corrected chi connectivity index (χ2v) is 4.91. The van der Waals surface area contributed by atoms with Gasteiger partial charge in [-0.1, -0.05) is 60.7 Å². The Morgan fingerprint density at radius 1 is 0.957 bits per heavy atom. The van der Waals surface area contributed by atoms with Crippen molar-refractivity contribution >= 4 is 11.8 Å². The number of nitrogens with one attached hydrogen (secondary N) is 1. The second kappa shape index (κ2) is 6.05. The molecule has 0 saturated heterocycles. The molecule has 0 aliphatic carbocycles. The third kappa shape index (κ3) is 2.74. The molecule has 0 aliphatic heterocycles. The van der Waals surface area contributed by atoms with Gasteiger partial charge < -0.3 is 15.4 Å². The molecule has 0 aliphatic rings. The molecule has 0 saturated carbocycles. The van der Waals surface area contributed by atoms with Crippen molar-refractivity contribution in [1.29, 1.82) is 0 Å². The van der Waals surface area contributed by atoms with Crippen LogP contribution in [0.25, 0.3) is 22.3 Å². The minimum Gasteiger partial charge on any atom is -0.592 e. The maximum atomic E-state index is 11.8. The maximum Gasteiger partial charge on any atom is 0.337 e. The molecular weight excluding hydrogens is 296 g/mol. The second-order valence-electron chi connectivity index (χ2n) is 4.91. The first kappa shape index (κ1) is 15.0. The normalized spacial score (nSPS) is 12.1. The molecule has 3 rings (SSSR count). The lowest BCUT2D eigenvalue weighted by molar-refractivity contribution is -0.997. The monoisotopic (exact) mass is 310 g/mol. The molecule has 6 nitrogen and oxygen atoms in total. The first-order valence-corrected chi connectivity index (χ1v) is 6.90. The zero-order valence-electron chi connectivity index (χ0n) is 12.0. The topological polar surface area (TPSA) is 104 Å². The van der Waals surface area contributed by atoms with Crippen molar-refractivity contribution in [3.05, 3.63) is 71.6 Å². The van der Waals surface area contributed by atoms with E-state index in [1.165, 1.54) is 0 Å². The van der Waals surface area contributed by atoms with Crippen LogP contribution in [0.3, 0.4) is 0 Å². The molecule has 1 unspecified atom stereocenters. The molecule has 1 atom stereocenters. The smallest absolute Gasteiger partial charge is 0.337 e. The molecular formula is C17H14N2O4. The van der Waals surface area contributed by atoms with Gasteiger partial charge in [0.05, 0.1) is 5.56 Å². The zero-order valence-corrected chi connectivity index (χ0v) is 12.0. The van der Waals surface area contributed by atoms with Crippen molar-refractivity contribution in [2.45, 2.75) is 0 Å². The summed E-state index contributed by atoms with van der Waals surface area (Å²) in [7, 11) is 0. The average Bonchev–Trinajstić information content (AvgIpc) is 2.97. The summed E-state index contributed by atoms with van der Waals surface area (Å²) in [5.74, 6) is -1.27. The van der Waals surface area contributed by atoms with Gasteiger partial charge in [0.15, 0.2) is 0 Å². The van der Waals surface area contributed by atoms with Crippen LogP contribution < -0.4 is 11.0 Å². The summed E-state index contributed by atoms with van der Waals surface area (Å²) in [6.45, 7) is 0. The number of benzene rings is 2. The summed E-state index contributed by atoms with van der Waals surface area (Å²) in [6, 6.07) is 17.9. The fraction of sp³-hybridized carbons (Fsp3) is 0. The number of primary amides is 1. The van der Waals surface area contributed by atoms with Gasteiger partial charge in [0.1, 0.15) is 0 Å². The highest BCUT2D eigenvalue weighted by atomic mass is 16.8. The van der Waals surface area contributed by atoms with Crippen LogP contribution in [-0.2, 0) is 0 Å². The Bertz CT molecular complexity index is 827. The highest BCUT2D eigenvalue weighted by molar-refractivity contribution is 6.03. The van der Waals surface area contributed by atoms with Gasteiger partial charge in [0.2, 0.25) is 5.76 Å². The van der Waals surface area contributed by atoms with Crippen LogP contribution in [-0.4, -0.2) is 11.1 Å². The number of hydrogen-bond donors (Lipinski definition) is 3. The zero-order chi connectivity index (χ0) is 16.4. The van der Waals surface area contributed by atoms with Crippen molar-refractivity contribution in [2.24, 2.45) is 5.73 Å². The van der Waals surface area contributed by atoms with Crippen molar-refractivity contribution in [3.8, 4) is 22.3 Å². The molecule has 116 valence electrons. The molecule has 0 bridgehead atoms. The fourth-order valence-electron chi connectivity index (χ4n) is 2.52. The fourth-order valence-corrected chi connectivity index (χ4v) is 2.52. The first-order chi connectivity index (χ1) is 11.1. The third-order valence-corrected chi connectivity index (χ3v) is 3.45. The highest BCUT2D eigenvalue weighted by Crippen LogP contribution is 2.41. The summed E-state index contributed by atoms with van der Waals surface area (Å²) in [5, 5.41) is 19.8. The summed E-state index contributed by atoms with van der Waals surface area (Å²) in [4.78, 5) is 11.8. The first-order valence-electron chi connectivity index (χ1n) is 6.90. The molecule has 1 heterocycles. The van der Waals surface area contributed by atoms with Crippen LogP contribution in [0.4, 0.5) is 5.88 Å². The van der Waals surface area contributed by atoms with E-state index in [2.05, 4.69) is 0 Å². The lowest BCUT2D eigenvalue weighted by atomic mass is 9.96. The minimum atomic E-state index is -1.26. The lowest BCUT2D eigenvalue weighted by Crippen LogP contribution is -2.99. The Balaban J connectivity index is 2.37. The summed E-state index contributed by atoms with van der Waals surface area (Å²) >= 11 is 0. The number of carbonyl (C=O) groups excluding carboxylic acids is 1. The molecule has 0 fully saturated rings. The molecule has 1 aromatic heterocycles. The quantitative estimate of drug-likeness (QED) is 0.642. The van der Waals surface area contributed by atoms with Crippen LogP contribution in [0.5, 0.6) is 0 Å². The van der Waals surface area contributed by atoms with E-state index in [4.69, 9.17) is 10.2 Å². The van der Waals surface area contributed by atoms with E-state index in [1.54, 1.807) is 48.5 Å². The van der Waals surface area contributed by atoms with Gasteiger partial charge in [-0.05, 0) is 11.1 Å². The maximum absolute atomic E-state index is 11.8. The van der Waals surface area contributed by atoms with Crippen molar-refractivity contribution in [3.63, 3.8) is 0 Å². The van der Waals surface area contributed by atoms with E-state index in [0.29, 0.717) is 22.3 Å². The number of nitrogens with two attached hydrogens (primary N) is 1. The molecule has 3 aromatic rings. The van der Waals surface area contributed by atoms with Crippen LogP contribution in [0.2, 0.25) is 0 Å². The SMILES string of the molecule is NC(=O)c1oc([NH+]([O-])O)c(-c2ccccc2)c1-c1ccccc1. The van der Waals surface area contributed by atoms with E-state index in [0.717, 1.165) is 0 Å². The van der Waals surface area contributed by atoms with Crippen molar-refractivity contribution in [2.75, 3.05) is 0 Å². The Morgan fingerprint density at radius 2 is 1.43 bits per heavy atom. The van der Waals surface area contributed by atoms with Gasteiger partial charge in [-0.2, -0.15) is 5.23 Å². The van der Waals surface area contributed by atoms with Crippen LogP contribution in [0.1, 0.15) is 10.6 Å². The average molecular weight is 310 g/mol. The summed E-state index contributed by atoms with van der Waals surface area (Å²) < 4.78 is 5.30. The number of amides is 1. The van der Waals surface area contributed by atoms with E-state index >= 15 is 0 Å². The summed E-state index contributed by atoms with van der Waals surface area (Å²) in [6.07, 6.45) is 0. The number of rotatable bonds is 4. The van der Waals surface area contributed by atoms with Gasteiger partial charge in [-0.15, -0.1) is 0 Å². The number of carbonyl (C=O) groups is 1. The molecule has 23 heavy (non-hydrogen) atoms. The Kier molecular flexibility index (Phi) is 3.94. The molecule has 2 aromatic carbocycles. The predicted molar refractivity (Wildman–Crippen MR) is 83.9 cm³/mol. The van der Waals surface area contributed by atoms with E-state index in [9.17, 15) is 15.2 Å². The van der Waals surface area contributed by atoms with Crippen LogP contribution >= 0.6 is 0 Å². The van der Waals surface area contributed by atoms with E-state index in [-0.39, 0.29) is 11.6 Å². The van der Waals surface area contributed by atoms with Crippen molar-refractivity contribution in [1.82, 2.24) is 0 Å². The van der Waals surface area contributed by atoms with Gasteiger partial charge in [-0.3, -0.25) is 4.79 Å². The summed E-state index contributed by atoms with van der Waals surface area (Å²) in [5.41, 5.74) is 7.42. The van der Waals surface area contributed by atoms with E-state index < -0.39 is 11.1 Å². The minimum absolute atomic E-state index is 0.160. The molecule has 4 N–H and O–H groups in total. The lowest BCUT2D eigenvalue weighted by Gasteiger charge is -2.11. The third-order valence-electron chi connectivity index (χ3n) is 3.45. The van der Waals surface area contributed by atoms with Gasteiger partial charge in [0, 0.05) is 5.56 Å². The Morgan fingerprint density at radius 3 is 1.87 bits per heavy atom. The van der Waals surface area contributed by atoms with E-state index in [1.807, 2.05) is 12.1 Å². The highest BCUT2D eigenvalue weighted by Gasteiger charge is 2.29. The van der Waals surface area contributed by atoms with Gasteiger partial charge in [0.25, 0.3) is 5.91 Å². The van der Waals surface area contributed by atoms with Gasteiger partial charge >= 0.3 is 5.88 Å². The Labute approximate surface area is 131 Å². The molecule has 0 spiro atoms. The molecule has 6 heteroatoms. The predicted octanol–water partition coefficient (Wildman–Crippen LogP) is 2.12. The standard InChI is InChI=1S/C17H14N2O4/c18-16(20)15-13(11-7-3-1-4-8-11)14(17(23-15)19(21)22)12-9-5-2-6-10-12/h1-10,19,21H,(H2,18,20). The largest absolute Gasteiger partial charge is 0.592 e. The van der Waals surface area contributed by atoms with Crippen LogP contribution in [0.15, 0.2) is 65.1 Å².